The number of amides is 1. The second kappa shape index (κ2) is 5.52. The van der Waals surface area contributed by atoms with Gasteiger partial charge in [0.2, 0.25) is 10.0 Å². The highest BCUT2D eigenvalue weighted by atomic mass is 32.2. The fourth-order valence-corrected chi connectivity index (χ4v) is 4.41. The van der Waals surface area contributed by atoms with Gasteiger partial charge in [0.05, 0.1) is 5.25 Å². The molecule has 1 fully saturated rings. The summed E-state index contributed by atoms with van der Waals surface area (Å²) in [6.45, 7) is 0.0134. The average molecular weight is 306 g/mol. The van der Waals surface area contributed by atoms with Crippen LogP contribution < -0.4 is 4.72 Å². The van der Waals surface area contributed by atoms with Crippen molar-refractivity contribution in [2.24, 2.45) is 0 Å². The number of rotatable bonds is 4. The summed E-state index contributed by atoms with van der Waals surface area (Å²) in [5.74, 6) is -0.483. The zero-order valence-corrected chi connectivity index (χ0v) is 12.5. The molecular formula is C15H18N2O3S. The van der Waals surface area contributed by atoms with Crippen LogP contribution in [-0.2, 0) is 21.4 Å². The molecule has 0 spiro atoms. The molecule has 0 radical (unpaired) electrons. The van der Waals surface area contributed by atoms with Gasteiger partial charge in [-0.3, -0.25) is 9.52 Å². The van der Waals surface area contributed by atoms with E-state index in [2.05, 4.69) is 4.72 Å². The molecule has 0 aliphatic heterocycles. The predicted octanol–water partition coefficient (Wildman–Crippen LogP) is 2.03. The molecule has 5 nitrogen and oxygen atoms in total. The summed E-state index contributed by atoms with van der Waals surface area (Å²) in [7, 11) is -3.53. The molecule has 1 aromatic heterocycles. The lowest BCUT2D eigenvalue weighted by molar-refractivity contribution is -0.119. The molecule has 1 saturated carbocycles. The molecule has 0 saturated heterocycles. The van der Waals surface area contributed by atoms with Crippen LogP contribution in [0.3, 0.4) is 0 Å². The van der Waals surface area contributed by atoms with Crippen LogP contribution in [0.2, 0.25) is 0 Å². The molecule has 1 aliphatic carbocycles. The number of hydrogen-bond donors (Lipinski definition) is 1. The van der Waals surface area contributed by atoms with Crippen LogP contribution in [0.1, 0.15) is 25.7 Å². The van der Waals surface area contributed by atoms with Crippen molar-refractivity contribution in [1.29, 1.82) is 0 Å². The summed E-state index contributed by atoms with van der Waals surface area (Å²) in [6, 6.07) is 9.60. The van der Waals surface area contributed by atoms with E-state index in [0.717, 1.165) is 23.7 Å². The standard InChI is InChI=1S/C15H18N2O3S/c18-15(16-21(19,20)13-6-2-3-7-13)11-17-10-9-12-5-1-4-8-14(12)17/h1,4-5,8-10,13H,2-3,6-7,11H2,(H,16,18). The fraction of sp³-hybridized carbons (Fsp3) is 0.400. The molecule has 21 heavy (non-hydrogen) atoms. The Balaban J connectivity index is 1.72. The largest absolute Gasteiger partial charge is 0.338 e. The Morgan fingerprint density at radius 2 is 1.90 bits per heavy atom. The van der Waals surface area contributed by atoms with E-state index in [9.17, 15) is 13.2 Å². The second-order valence-corrected chi connectivity index (χ2v) is 7.44. The van der Waals surface area contributed by atoms with E-state index in [1.165, 1.54) is 0 Å². The lowest BCUT2D eigenvalue weighted by Crippen LogP contribution is -2.38. The maximum absolute atomic E-state index is 12.1. The first-order chi connectivity index (χ1) is 10.1. The monoisotopic (exact) mass is 306 g/mol. The van der Waals surface area contributed by atoms with E-state index in [1.54, 1.807) is 10.8 Å². The van der Waals surface area contributed by atoms with E-state index >= 15 is 0 Å². The van der Waals surface area contributed by atoms with Crippen molar-refractivity contribution in [2.75, 3.05) is 0 Å². The van der Waals surface area contributed by atoms with Gasteiger partial charge < -0.3 is 4.57 Å². The number of carbonyl (C=O) groups is 1. The van der Waals surface area contributed by atoms with Gasteiger partial charge in [0.25, 0.3) is 5.91 Å². The van der Waals surface area contributed by atoms with Crippen molar-refractivity contribution in [3.05, 3.63) is 36.5 Å². The van der Waals surface area contributed by atoms with Crippen LogP contribution in [0.25, 0.3) is 10.9 Å². The number of aromatic nitrogens is 1. The normalized spacial score (nSPS) is 16.4. The van der Waals surface area contributed by atoms with Crippen molar-refractivity contribution in [1.82, 2.24) is 9.29 Å². The maximum Gasteiger partial charge on any atom is 0.253 e. The van der Waals surface area contributed by atoms with E-state index in [4.69, 9.17) is 0 Å². The molecule has 1 heterocycles. The Hall–Kier alpha value is -1.82. The van der Waals surface area contributed by atoms with Gasteiger partial charge >= 0.3 is 0 Å². The lowest BCUT2D eigenvalue weighted by atomic mass is 10.2. The van der Waals surface area contributed by atoms with Crippen LogP contribution in [-0.4, -0.2) is 24.1 Å². The lowest BCUT2D eigenvalue weighted by Gasteiger charge is -2.13. The number of para-hydroxylation sites is 1. The smallest absolute Gasteiger partial charge is 0.253 e. The minimum atomic E-state index is -3.53. The molecule has 2 aromatic rings. The molecule has 112 valence electrons. The average Bonchev–Trinajstić information content (AvgIpc) is 3.08. The Bertz CT molecular complexity index is 758. The number of carbonyl (C=O) groups excluding carboxylic acids is 1. The van der Waals surface area contributed by atoms with Gasteiger partial charge in [0.1, 0.15) is 6.54 Å². The summed E-state index contributed by atoms with van der Waals surface area (Å²) in [6.07, 6.45) is 4.93. The van der Waals surface area contributed by atoms with Gasteiger partial charge in [-0.2, -0.15) is 0 Å². The van der Waals surface area contributed by atoms with Crippen molar-refractivity contribution < 1.29 is 13.2 Å². The summed E-state index contributed by atoms with van der Waals surface area (Å²) >= 11 is 0. The number of hydrogen-bond acceptors (Lipinski definition) is 3. The van der Waals surface area contributed by atoms with Crippen LogP contribution in [0.15, 0.2) is 36.5 Å². The van der Waals surface area contributed by atoms with Crippen molar-refractivity contribution in [3.63, 3.8) is 0 Å². The van der Waals surface area contributed by atoms with E-state index in [0.29, 0.717) is 12.8 Å². The Morgan fingerprint density at radius 3 is 2.67 bits per heavy atom. The first-order valence-electron chi connectivity index (χ1n) is 7.14. The molecule has 0 bridgehead atoms. The van der Waals surface area contributed by atoms with Crippen molar-refractivity contribution in [3.8, 4) is 0 Å². The third-order valence-corrected chi connectivity index (χ3v) is 5.85. The Labute approximate surface area is 124 Å². The van der Waals surface area contributed by atoms with Crippen LogP contribution in [0.5, 0.6) is 0 Å². The Kier molecular flexibility index (Phi) is 3.71. The zero-order valence-electron chi connectivity index (χ0n) is 11.7. The van der Waals surface area contributed by atoms with Gasteiger partial charge in [0, 0.05) is 11.7 Å². The van der Waals surface area contributed by atoms with Gasteiger partial charge in [-0.15, -0.1) is 0 Å². The molecule has 1 amide bonds. The minimum absolute atomic E-state index is 0.0134. The summed E-state index contributed by atoms with van der Waals surface area (Å²) in [4.78, 5) is 12.0. The molecule has 0 atom stereocenters. The van der Waals surface area contributed by atoms with Gasteiger partial charge in [-0.25, -0.2) is 8.42 Å². The van der Waals surface area contributed by atoms with Crippen LogP contribution in [0, 0.1) is 0 Å². The summed E-state index contributed by atoms with van der Waals surface area (Å²) < 4.78 is 28.2. The Morgan fingerprint density at radius 1 is 1.19 bits per heavy atom. The van der Waals surface area contributed by atoms with Gasteiger partial charge in [0.15, 0.2) is 0 Å². The fourth-order valence-electron chi connectivity index (χ4n) is 2.91. The topological polar surface area (TPSA) is 68.2 Å². The number of nitrogens with zero attached hydrogens (tertiary/aromatic N) is 1. The molecule has 1 N–H and O–H groups in total. The first kappa shape index (κ1) is 14.1. The van der Waals surface area contributed by atoms with E-state index < -0.39 is 21.2 Å². The third kappa shape index (κ3) is 2.95. The molecule has 1 aliphatic rings. The maximum atomic E-state index is 12.1. The predicted molar refractivity (Wildman–Crippen MR) is 81.3 cm³/mol. The van der Waals surface area contributed by atoms with Gasteiger partial charge in [-0.1, -0.05) is 31.0 Å². The molecule has 0 unspecified atom stereocenters. The zero-order chi connectivity index (χ0) is 14.9. The van der Waals surface area contributed by atoms with Crippen molar-refractivity contribution >= 4 is 26.8 Å². The van der Waals surface area contributed by atoms with Crippen molar-refractivity contribution in [2.45, 2.75) is 37.5 Å². The highest BCUT2D eigenvalue weighted by Gasteiger charge is 2.30. The highest BCUT2D eigenvalue weighted by molar-refractivity contribution is 7.90. The number of sulfonamides is 1. The second-order valence-electron chi connectivity index (χ2n) is 5.48. The number of fused-ring (bicyclic) bond motifs is 1. The third-order valence-electron chi connectivity index (χ3n) is 3.99. The quantitative estimate of drug-likeness (QED) is 0.939. The molecule has 1 aromatic carbocycles. The summed E-state index contributed by atoms with van der Waals surface area (Å²) in [5.41, 5.74) is 0.922. The minimum Gasteiger partial charge on any atom is -0.338 e. The summed E-state index contributed by atoms with van der Waals surface area (Å²) in [5, 5.41) is 0.617. The molecule has 6 heteroatoms. The van der Waals surface area contributed by atoms with Crippen LogP contribution in [0.4, 0.5) is 0 Å². The van der Waals surface area contributed by atoms with E-state index in [-0.39, 0.29) is 6.54 Å². The highest BCUT2D eigenvalue weighted by Crippen LogP contribution is 2.24. The van der Waals surface area contributed by atoms with E-state index in [1.807, 2.05) is 30.3 Å². The SMILES string of the molecule is O=C(Cn1ccc2ccccc21)NS(=O)(=O)C1CCCC1. The van der Waals surface area contributed by atoms with Gasteiger partial charge in [-0.05, 0) is 30.4 Å². The molecular weight excluding hydrogens is 288 g/mol. The number of nitrogens with one attached hydrogen (secondary N) is 1. The number of benzene rings is 1. The molecule has 3 rings (SSSR count). The first-order valence-corrected chi connectivity index (χ1v) is 8.69. The van der Waals surface area contributed by atoms with Crippen LogP contribution >= 0.6 is 0 Å².